The van der Waals surface area contributed by atoms with Crippen LogP contribution in [0.25, 0.3) is 5.69 Å². The predicted octanol–water partition coefficient (Wildman–Crippen LogP) is 4.82. The van der Waals surface area contributed by atoms with Crippen LogP contribution in [0.2, 0.25) is 5.02 Å². The van der Waals surface area contributed by atoms with Crippen LogP contribution in [-0.4, -0.2) is 45.9 Å². The second-order valence-corrected chi connectivity index (χ2v) is 9.43. The molecule has 5 rings (SSSR count). The summed E-state index contributed by atoms with van der Waals surface area (Å²) in [4.78, 5) is 3.97. The molecule has 0 spiro atoms. The number of ether oxygens (including phenoxy) is 1. The van der Waals surface area contributed by atoms with Crippen molar-refractivity contribution >= 4 is 17.3 Å². The summed E-state index contributed by atoms with van der Waals surface area (Å²) in [5, 5.41) is 19.2. The zero-order valence-electron chi connectivity index (χ0n) is 19.5. The first-order valence-electron chi connectivity index (χ1n) is 11.5. The van der Waals surface area contributed by atoms with Crippen molar-refractivity contribution in [2.75, 3.05) is 25.1 Å². The SMILES string of the molecule is COc1cc(N2CCC(c3nnc4n3-c3ccc(Cl)cc3CN(C(C)C#N)C4)CC2)c(F)cc1F. The number of hydrogen-bond donors (Lipinski definition) is 0. The molecule has 0 amide bonds. The van der Waals surface area contributed by atoms with Crippen molar-refractivity contribution in [2.45, 2.75) is 44.8 Å². The predicted molar refractivity (Wildman–Crippen MR) is 128 cm³/mol. The topological polar surface area (TPSA) is 70.2 Å². The van der Waals surface area contributed by atoms with Gasteiger partial charge in [0.2, 0.25) is 0 Å². The minimum Gasteiger partial charge on any atom is -0.494 e. The van der Waals surface area contributed by atoms with Gasteiger partial charge in [-0.1, -0.05) is 11.6 Å². The summed E-state index contributed by atoms with van der Waals surface area (Å²) >= 11 is 6.31. The van der Waals surface area contributed by atoms with Crippen LogP contribution in [0.15, 0.2) is 30.3 Å². The summed E-state index contributed by atoms with van der Waals surface area (Å²) < 4.78 is 35.5. The Balaban J connectivity index is 1.44. The normalized spacial score (nSPS) is 17.3. The van der Waals surface area contributed by atoms with Crippen molar-refractivity contribution in [3.63, 3.8) is 0 Å². The largest absolute Gasteiger partial charge is 0.494 e. The van der Waals surface area contributed by atoms with Crippen LogP contribution < -0.4 is 9.64 Å². The van der Waals surface area contributed by atoms with E-state index in [1.165, 1.54) is 13.2 Å². The molecule has 1 fully saturated rings. The van der Waals surface area contributed by atoms with Crippen LogP contribution in [0.4, 0.5) is 14.5 Å². The Morgan fingerprint density at radius 1 is 1.09 bits per heavy atom. The molecule has 0 radical (unpaired) electrons. The van der Waals surface area contributed by atoms with Gasteiger partial charge in [0.05, 0.1) is 37.1 Å². The Morgan fingerprint density at radius 2 is 1.86 bits per heavy atom. The van der Waals surface area contributed by atoms with Crippen LogP contribution in [0.5, 0.6) is 5.75 Å². The molecule has 1 aromatic heterocycles. The summed E-state index contributed by atoms with van der Waals surface area (Å²) in [6.07, 6.45) is 1.47. The number of anilines is 1. The quantitative estimate of drug-likeness (QED) is 0.513. The van der Waals surface area contributed by atoms with E-state index in [1.54, 1.807) is 0 Å². The van der Waals surface area contributed by atoms with Gasteiger partial charge in [0.25, 0.3) is 0 Å². The van der Waals surface area contributed by atoms with E-state index in [2.05, 4.69) is 25.7 Å². The van der Waals surface area contributed by atoms with E-state index < -0.39 is 11.6 Å². The average Bonchev–Trinajstić information content (AvgIpc) is 3.19. The van der Waals surface area contributed by atoms with Gasteiger partial charge in [0.1, 0.15) is 11.6 Å². The molecule has 2 aromatic carbocycles. The molecule has 182 valence electrons. The van der Waals surface area contributed by atoms with Gasteiger partial charge >= 0.3 is 0 Å². The molecule has 1 saturated heterocycles. The molecule has 3 heterocycles. The fourth-order valence-electron chi connectivity index (χ4n) is 4.97. The van der Waals surface area contributed by atoms with Crippen LogP contribution in [0.1, 0.15) is 42.9 Å². The highest BCUT2D eigenvalue weighted by Crippen LogP contribution is 2.36. The second kappa shape index (κ2) is 9.44. The zero-order chi connectivity index (χ0) is 24.7. The Hall–Kier alpha value is -3.22. The van der Waals surface area contributed by atoms with Crippen molar-refractivity contribution in [1.29, 1.82) is 5.26 Å². The van der Waals surface area contributed by atoms with E-state index in [-0.39, 0.29) is 17.7 Å². The number of methoxy groups -OCH3 is 1. The third-order valence-electron chi connectivity index (χ3n) is 6.91. The lowest BCUT2D eigenvalue weighted by Crippen LogP contribution is -2.34. The molecule has 2 aliphatic heterocycles. The first-order chi connectivity index (χ1) is 16.9. The monoisotopic (exact) mass is 498 g/mol. The van der Waals surface area contributed by atoms with Gasteiger partial charge in [0.15, 0.2) is 17.4 Å². The van der Waals surface area contributed by atoms with Gasteiger partial charge in [0, 0.05) is 42.7 Å². The number of nitrogens with zero attached hydrogens (tertiary/aromatic N) is 6. The molecule has 0 bridgehead atoms. The fraction of sp³-hybridized carbons (Fsp3) is 0.400. The number of halogens is 3. The van der Waals surface area contributed by atoms with E-state index >= 15 is 0 Å². The fourth-order valence-corrected chi connectivity index (χ4v) is 5.16. The molecule has 1 unspecified atom stereocenters. The number of nitriles is 1. The zero-order valence-corrected chi connectivity index (χ0v) is 20.3. The van der Waals surface area contributed by atoms with Crippen molar-refractivity contribution < 1.29 is 13.5 Å². The maximum atomic E-state index is 14.5. The lowest BCUT2D eigenvalue weighted by atomic mass is 9.95. The second-order valence-electron chi connectivity index (χ2n) is 8.99. The molecule has 0 saturated carbocycles. The van der Waals surface area contributed by atoms with Gasteiger partial charge in [-0.15, -0.1) is 10.2 Å². The van der Waals surface area contributed by atoms with Crippen LogP contribution >= 0.6 is 11.6 Å². The smallest absolute Gasteiger partial charge is 0.168 e. The number of hydrogen-bond acceptors (Lipinski definition) is 6. The summed E-state index contributed by atoms with van der Waals surface area (Å²) in [6, 6.07) is 10.1. The Labute approximate surface area is 207 Å². The minimum atomic E-state index is -0.715. The van der Waals surface area contributed by atoms with Crippen molar-refractivity contribution in [3.05, 3.63) is 64.2 Å². The Bertz CT molecular complexity index is 1300. The number of rotatable bonds is 4. The Morgan fingerprint density at radius 3 is 2.57 bits per heavy atom. The molecule has 0 aliphatic carbocycles. The first kappa shape index (κ1) is 23.5. The van der Waals surface area contributed by atoms with E-state index in [0.717, 1.165) is 41.8 Å². The number of aromatic nitrogens is 3. The van der Waals surface area contributed by atoms with Crippen LogP contribution in [0, 0.1) is 23.0 Å². The summed E-state index contributed by atoms with van der Waals surface area (Å²) in [6.45, 7) is 4.12. The Kier molecular flexibility index (Phi) is 6.34. The summed E-state index contributed by atoms with van der Waals surface area (Å²) in [5.41, 5.74) is 2.31. The van der Waals surface area contributed by atoms with Gasteiger partial charge in [-0.05, 0) is 43.5 Å². The molecular weight excluding hydrogens is 474 g/mol. The summed E-state index contributed by atoms with van der Waals surface area (Å²) in [5.74, 6) is 0.453. The first-order valence-corrected chi connectivity index (χ1v) is 11.9. The molecule has 0 N–H and O–H groups in total. The maximum Gasteiger partial charge on any atom is 0.168 e. The molecule has 2 aliphatic rings. The molecular formula is C25H25ClF2N6O. The summed E-state index contributed by atoms with van der Waals surface area (Å²) in [7, 11) is 1.37. The number of fused-ring (bicyclic) bond motifs is 3. The molecule has 10 heteroatoms. The molecule has 3 aromatic rings. The van der Waals surface area contributed by atoms with Gasteiger partial charge in [-0.25, -0.2) is 8.78 Å². The maximum absolute atomic E-state index is 14.5. The molecule has 35 heavy (non-hydrogen) atoms. The standard InChI is InChI=1S/C25H25ClF2N6O/c1-15(12-29)33-13-17-9-18(26)3-4-21(17)34-24(14-33)30-31-25(34)16-5-7-32(8-6-16)22-11-23(35-2)20(28)10-19(22)27/h3-4,9-11,15-16H,5-8,13-14H2,1-2H3. The van der Waals surface area contributed by atoms with Gasteiger partial charge < -0.3 is 9.64 Å². The third-order valence-corrected chi connectivity index (χ3v) is 7.15. The van der Waals surface area contributed by atoms with Crippen LogP contribution in [0.3, 0.4) is 0 Å². The minimum absolute atomic E-state index is 0.0257. The third kappa shape index (κ3) is 4.32. The van der Waals surface area contributed by atoms with Gasteiger partial charge in [-0.3, -0.25) is 9.47 Å². The van der Waals surface area contributed by atoms with Crippen molar-refractivity contribution in [2.24, 2.45) is 0 Å². The lowest BCUT2D eigenvalue weighted by Gasteiger charge is -2.33. The number of benzene rings is 2. The van der Waals surface area contributed by atoms with Crippen molar-refractivity contribution in [3.8, 4) is 17.5 Å². The average molecular weight is 499 g/mol. The number of piperidine rings is 1. The van der Waals surface area contributed by atoms with E-state index in [0.29, 0.717) is 36.9 Å². The van der Waals surface area contributed by atoms with E-state index in [9.17, 15) is 14.0 Å². The highest BCUT2D eigenvalue weighted by Gasteiger charge is 2.32. The molecule has 1 atom stereocenters. The highest BCUT2D eigenvalue weighted by molar-refractivity contribution is 6.30. The van der Waals surface area contributed by atoms with Gasteiger partial charge in [-0.2, -0.15) is 5.26 Å². The van der Waals surface area contributed by atoms with E-state index in [1.807, 2.05) is 30.0 Å². The highest BCUT2D eigenvalue weighted by atomic mass is 35.5. The van der Waals surface area contributed by atoms with E-state index in [4.69, 9.17) is 16.3 Å². The van der Waals surface area contributed by atoms with Crippen LogP contribution in [-0.2, 0) is 13.1 Å². The molecule has 7 nitrogen and oxygen atoms in total. The lowest BCUT2D eigenvalue weighted by molar-refractivity contribution is 0.225. The van der Waals surface area contributed by atoms with Crippen molar-refractivity contribution in [1.82, 2.24) is 19.7 Å².